The number of nitrogens with zero attached hydrogens (tertiary/aromatic N) is 3. The minimum atomic E-state index is -0.925. The van der Waals surface area contributed by atoms with Crippen molar-refractivity contribution < 1.29 is 14.7 Å². The Morgan fingerprint density at radius 3 is 3.09 bits per heavy atom. The van der Waals surface area contributed by atoms with Crippen molar-refractivity contribution in [2.45, 2.75) is 18.9 Å². The van der Waals surface area contributed by atoms with E-state index in [2.05, 4.69) is 9.78 Å². The summed E-state index contributed by atoms with van der Waals surface area (Å²) in [5.41, 5.74) is 8.63. The molecule has 0 saturated carbocycles. The van der Waals surface area contributed by atoms with Crippen LogP contribution in [0.2, 0.25) is 0 Å². The SMILES string of the molecule is [N-]=[N+]=CC1=NC(C(=O)O)CC1. The minimum Gasteiger partial charge on any atom is -0.480 e. The molecular formula is C6H7N3O2. The summed E-state index contributed by atoms with van der Waals surface area (Å²) in [6.07, 6.45) is 2.24. The Balaban J connectivity index is 2.68. The molecule has 0 radical (unpaired) electrons. The first kappa shape index (κ1) is 7.63. The van der Waals surface area contributed by atoms with Gasteiger partial charge in [-0.15, -0.1) is 0 Å². The molecule has 1 unspecified atom stereocenters. The third kappa shape index (κ3) is 1.72. The van der Waals surface area contributed by atoms with Crippen LogP contribution in [0.15, 0.2) is 4.99 Å². The third-order valence-electron chi connectivity index (χ3n) is 1.49. The Kier molecular flexibility index (Phi) is 2.13. The number of carboxylic acids is 1. The van der Waals surface area contributed by atoms with Crippen LogP contribution in [-0.4, -0.2) is 33.8 Å². The molecule has 0 fully saturated rings. The summed E-state index contributed by atoms with van der Waals surface area (Å²) in [5, 5.41) is 8.49. The van der Waals surface area contributed by atoms with Crippen LogP contribution in [0.1, 0.15) is 12.8 Å². The molecule has 11 heavy (non-hydrogen) atoms. The van der Waals surface area contributed by atoms with Crippen molar-refractivity contribution in [2.75, 3.05) is 0 Å². The van der Waals surface area contributed by atoms with E-state index >= 15 is 0 Å². The van der Waals surface area contributed by atoms with Gasteiger partial charge in [0.2, 0.25) is 0 Å². The molecule has 58 valence electrons. The summed E-state index contributed by atoms with van der Waals surface area (Å²) in [6, 6.07) is -0.650. The highest BCUT2D eigenvalue weighted by molar-refractivity contribution is 6.29. The Hall–Kier alpha value is -1.48. The van der Waals surface area contributed by atoms with Gasteiger partial charge in [0.15, 0.2) is 0 Å². The Labute approximate surface area is 63.0 Å². The van der Waals surface area contributed by atoms with Gasteiger partial charge in [0.05, 0.1) is 0 Å². The van der Waals surface area contributed by atoms with E-state index in [4.69, 9.17) is 10.6 Å². The number of hydrogen-bond acceptors (Lipinski definition) is 2. The number of aliphatic carboxylic acids is 1. The molecule has 5 heteroatoms. The lowest BCUT2D eigenvalue weighted by Crippen LogP contribution is -2.13. The van der Waals surface area contributed by atoms with Crippen molar-refractivity contribution in [3.8, 4) is 0 Å². The normalized spacial score (nSPS) is 22.2. The average molecular weight is 153 g/mol. The maximum absolute atomic E-state index is 10.3. The molecule has 1 heterocycles. The highest BCUT2D eigenvalue weighted by Gasteiger charge is 2.23. The summed E-state index contributed by atoms with van der Waals surface area (Å²) in [5.74, 6) is -0.925. The van der Waals surface area contributed by atoms with Crippen molar-refractivity contribution in [3.05, 3.63) is 5.53 Å². The second-order valence-corrected chi connectivity index (χ2v) is 2.26. The van der Waals surface area contributed by atoms with Crippen LogP contribution in [-0.2, 0) is 4.79 Å². The molecule has 0 aliphatic carbocycles. The highest BCUT2D eigenvalue weighted by atomic mass is 16.4. The number of carboxylic acid groups (broad SMARTS) is 1. The Morgan fingerprint density at radius 2 is 2.64 bits per heavy atom. The van der Waals surface area contributed by atoms with Crippen LogP contribution in [0.3, 0.4) is 0 Å². The van der Waals surface area contributed by atoms with Crippen LogP contribution in [0.4, 0.5) is 0 Å². The second kappa shape index (κ2) is 3.07. The summed E-state index contributed by atoms with van der Waals surface area (Å²) < 4.78 is 0. The maximum atomic E-state index is 10.3. The molecule has 0 spiro atoms. The maximum Gasteiger partial charge on any atom is 0.328 e. The van der Waals surface area contributed by atoms with Crippen LogP contribution in [0.25, 0.3) is 5.53 Å². The lowest BCUT2D eigenvalue weighted by molar-refractivity contribution is -0.138. The van der Waals surface area contributed by atoms with E-state index in [0.29, 0.717) is 18.6 Å². The molecular weight excluding hydrogens is 146 g/mol. The summed E-state index contributed by atoms with van der Waals surface area (Å²) in [4.78, 5) is 16.9. The monoisotopic (exact) mass is 153 g/mol. The van der Waals surface area contributed by atoms with Gasteiger partial charge in [-0.05, 0) is 12.8 Å². The Bertz CT molecular complexity index is 253. The van der Waals surface area contributed by atoms with Crippen LogP contribution < -0.4 is 0 Å². The fraction of sp³-hybridized carbons (Fsp3) is 0.500. The quantitative estimate of drug-likeness (QED) is 0.343. The molecule has 1 aliphatic rings. The van der Waals surface area contributed by atoms with Crippen LogP contribution in [0.5, 0.6) is 0 Å². The Morgan fingerprint density at radius 1 is 1.91 bits per heavy atom. The number of carbonyl (C=O) groups is 1. The molecule has 1 aliphatic heterocycles. The first-order valence-corrected chi connectivity index (χ1v) is 3.21. The van der Waals surface area contributed by atoms with E-state index in [-0.39, 0.29) is 0 Å². The standard InChI is InChI=1S/C6H7N3O2/c7-8-3-4-1-2-5(9-4)6(10)11/h3,5H,1-2H2,(H,10,11). The number of aliphatic imine (C=N–C) groups is 1. The van der Waals surface area contributed by atoms with E-state index in [1.165, 1.54) is 6.21 Å². The van der Waals surface area contributed by atoms with Crippen molar-refractivity contribution in [1.29, 1.82) is 0 Å². The fourth-order valence-electron chi connectivity index (χ4n) is 0.957. The molecule has 1 N–H and O–H groups in total. The number of hydrogen-bond donors (Lipinski definition) is 1. The topological polar surface area (TPSA) is 86.1 Å². The highest BCUT2D eigenvalue weighted by Crippen LogP contribution is 2.11. The van der Waals surface area contributed by atoms with Gasteiger partial charge in [0.25, 0.3) is 0 Å². The zero-order valence-corrected chi connectivity index (χ0v) is 5.77. The molecule has 0 bridgehead atoms. The van der Waals surface area contributed by atoms with Gasteiger partial charge in [0.1, 0.15) is 11.8 Å². The van der Waals surface area contributed by atoms with Gasteiger partial charge < -0.3 is 10.6 Å². The zero-order valence-electron chi connectivity index (χ0n) is 5.77. The van der Waals surface area contributed by atoms with Crippen molar-refractivity contribution in [3.63, 3.8) is 0 Å². The first-order chi connectivity index (χ1) is 5.24. The fourth-order valence-corrected chi connectivity index (χ4v) is 0.957. The van der Waals surface area contributed by atoms with Crippen LogP contribution in [0, 0.1) is 0 Å². The third-order valence-corrected chi connectivity index (χ3v) is 1.49. The van der Waals surface area contributed by atoms with Gasteiger partial charge in [0, 0.05) is 0 Å². The second-order valence-electron chi connectivity index (χ2n) is 2.26. The molecule has 0 aromatic carbocycles. The lowest BCUT2D eigenvalue weighted by atomic mass is 10.2. The minimum absolute atomic E-state index is 0.497. The van der Waals surface area contributed by atoms with Crippen molar-refractivity contribution in [1.82, 2.24) is 0 Å². The van der Waals surface area contributed by atoms with E-state index in [1.807, 2.05) is 0 Å². The van der Waals surface area contributed by atoms with E-state index in [1.54, 1.807) is 0 Å². The van der Waals surface area contributed by atoms with E-state index in [0.717, 1.165) is 0 Å². The lowest BCUT2D eigenvalue weighted by Gasteiger charge is -1.94. The summed E-state index contributed by atoms with van der Waals surface area (Å²) >= 11 is 0. The predicted octanol–water partition coefficient (Wildman–Crippen LogP) is -0.0250. The van der Waals surface area contributed by atoms with Gasteiger partial charge in [-0.1, -0.05) is 0 Å². The molecule has 1 rings (SSSR count). The molecule has 0 aromatic rings. The van der Waals surface area contributed by atoms with Gasteiger partial charge in [-0.2, -0.15) is 4.79 Å². The summed E-state index contributed by atoms with van der Waals surface area (Å²) in [6.45, 7) is 0. The molecule has 5 nitrogen and oxygen atoms in total. The molecule has 0 saturated heterocycles. The largest absolute Gasteiger partial charge is 0.480 e. The van der Waals surface area contributed by atoms with Crippen LogP contribution >= 0.6 is 0 Å². The zero-order chi connectivity index (χ0) is 8.27. The van der Waals surface area contributed by atoms with E-state index < -0.39 is 12.0 Å². The van der Waals surface area contributed by atoms with Gasteiger partial charge in [-0.25, -0.2) is 4.79 Å². The first-order valence-electron chi connectivity index (χ1n) is 3.21. The van der Waals surface area contributed by atoms with Gasteiger partial charge >= 0.3 is 12.2 Å². The predicted molar refractivity (Wildman–Crippen MR) is 37.8 cm³/mol. The molecule has 1 atom stereocenters. The molecule has 0 aromatic heterocycles. The van der Waals surface area contributed by atoms with E-state index in [9.17, 15) is 4.79 Å². The van der Waals surface area contributed by atoms with Crippen molar-refractivity contribution >= 4 is 17.9 Å². The molecule has 0 amide bonds. The number of rotatable bonds is 2. The van der Waals surface area contributed by atoms with Crippen molar-refractivity contribution in [2.24, 2.45) is 4.99 Å². The van der Waals surface area contributed by atoms with Gasteiger partial charge in [-0.3, -0.25) is 4.99 Å². The average Bonchev–Trinajstić information content (AvgIpc) is 2.37. The smallest absolute Gasteiger partial charge is 0.328 e. The summed E-state index contributed by atoms with van der Waals surface area (Å²) in [7, 11) is 0.